The smallest absolute Gasteiger partial charge is 0.371 e. The predicted octanol–water partition coefficient (Wildman–Crippen LogP) is 2.67. The van der Waals surface area contributed by atoms with Crippen molar-refractivity contribution in [1.82, 2.24) is 4.98 Å². The summed E-state index contributed by atoms with van der Waals surface area (Å²) >= 11 is 0. The van der Waals surface area contributed by atoms with Crippen LogP contribution in [0.25, 0.3) is 11.1 Å². The van der Waals surface area contributed by atoms with Crippen molar-refractivity contribution in [3.05, 3.63) is 52.7 Å². The fraction of sp³-hybridized carbons (Fsp3) is 0.0833. The van der Waals surface area contributed by atoms with Gasteiger partial charge in [-0.15, -0.1) is 0 Å². The zero-order valence-electron chi connectivity index (χ0n) is 9.16. The van der Waals surface area contributed by atoms with E-state index in [0.29, 0.717) is 11.3 Å². The summed E-state index contributed by atoms with van der Waals surface area (Å²) in [4.78, 5) is 14.2. The molecule has 2 aromatic rings. The van der Waals surface area contributed by atoms with E-state index in [2.05, 4.69) is 4.98 Å². The van der Waals surface area contributed by atoms with Gasteiger partial charge in [-0.05, 0) is 15.5 Å². The summed E-state index contributed by atoms with van der Waals surface area (Å²) < 4.78 is 5.03. The summed E-state index contributed by atoms with van der Waals surface area (Å²) in [5.41, 5.74) is 1.19. The molecule has 0 amide bonds. The molecule has 0 aliphatic rings. The largest absolute Gasteiger partial charge is 0.493 e. The van der Waals surface area contributed by atoms with Gasteiger partial charge in [-0.1, -0.05) is 30.3 Å². The second-order valence-electron chi connectivity index (χ2n) is 3.37. The Morgan fingerprint density at radius 3 is 2.59 bits per heavy atom. The van der Waals surface area contributed by atoms with Gasteiger partial charge in [-0.3, -0.25) is 0 Å². The van der Waals surface area contributed by atoms with Crippen molar-refractivity contribution >= 4 is 5.82 Å². The molecule has 5 heteroatoms. The van der Waals surface area contributed by atoms with Crippen LogP contribution >= 0.6 is 0 Å². The monoisotopic (exact) mass is 230 g/mol. The summed E-state index contributed by atoms with van der Waals surface area (Å²) in [7, 11) is 1.50. The van der Waals surface area contributed by atoms with E-state index in [1.54, 1.807) is 18.2 Å². The van der Waals surface area contributed by atoms with E-state index in [1.807, 2.05) is 18.2 Å². The maximum Gasteiger partial charge on any atom is 0.371 e. The molecule has 0 saturated carbocycles. The molecular formula is C12H10N2O3. The van der Waals surface area contributed by atoms with Crippen LogP contribution in [0.2, 0.25) is 0 Å². The molecule has 0 spiro atoms. The molecule has 2 rings (SSSR count). The van der Waals surface area contributed by atoms with Gasteiger partial charge >= 0.3 is 5.82 Å². The molecular weight excluding hydrogens is 220 g/mol. The summed E-state index contributed by atoms with van der Waals surface area (Å²) in [6.45, 7) is 0. The van der Waals surface area contributed by atoms with Gasteiger partial charge in [0.25, 0.3) is 0 Å². The molecule has 1 aromatic carbocycles. The number of nitro groups is 1. The van der Waals surface area contributed by atoms with E-state index in [-0.39, 0.29) is 5.82 Å². The normalized spacial score (nSPS) is 9.94. The number of methoxy groups -OCH3 is 1. The minimum Gasteiger partial charge on any atom is -0.493 e. The zero-order chi connectivity index (χ0) is 12.3. The van der Waals surface area contributed by atoms with Crippen molar-refractivity contribution in [2.24, 2.45) is 0 Å². The number of hydrogen-bond acceptors (Lipinski definition) is 4. The van der Waals surface area contributed by atoms with Gasteiger partial charge in [-0.25, -0.2) is 0 Å². The Bertz CT molecular complexity index is 541. The predicted molar refractivity (Wildman–Crippen MR) is 62.9 cm³/mol. The molecule has 1 aromatic heterocycles. The van der Waals surface area contributed by atoms with Gasteiger partial charge in [0.1, 0.15) is 0 Å². The Hall–Kier alpha value is -2.43. The Kier molecular flexibility index (Phi) is 3.00. The minimum absolute atomic E-state index is 0.169. The quantitative estimate of drug-likeness (QED) is 0.600. The van der Waals surface area contributed by atoms with Gasteiger partial charge in [0.05, 0.1) is 12.7 Å². The van der Waals surface area contributed by atoms with Crippen LogP contribution in [0.15, 0.2) is 42.6 Å². The van der Waals surface area contributed by atoms with E-state index in [1.165, 1.54) is 13.3 Å². The number of nitrogens with zero attached hydrogens (tertiary/aromatic N) is 2. The summed E-state index contributed by atoms with van der Waals surface area (Å²) in [5, 5.41) is 10.9. The van der Waals surface area contributed by atoms with E-state index >= 15 is 0 Å². The fourth-order valence-corrected chi connectivity index (χ4v) is 1.53. The molecule has 1 heterocycles. The Morgan fingerprint density at radius 2 is 2.00 bits per heavy atom. The Balaban J connectivity index is 2.61. The van der Waals surface area contributed by atoms with Crippen molar-refractivity contribution in [3.8, 4) is 16.9 Å². The number of benzene rings is 1. The average Bonchev–Trinajstić information content (AvgIpc) is 2.39. The summed E-state index contributed by atoms with van der Waals surface area (Å²) in [5.74, 6) is 0.325. The van der Waals surface area contributed by atoms with Gasteiger partial charge < -0.3 is 14.9 Å². The maximum atomic E-state index is 10.9. The highest BCUT2D eigenvalue weighted by atomic mass is 16.6. The average molecular weight is 230 g/mol. The molecule has 0 unspecified atom stereocenters. The summed E-state index contributed by atoms with van der Waals surface area (Å²) in [6.07, 6.45) is 1.34. The lowest BCUT2D eigenvalue weighted by Crippen LogP contribution is -1.96. The van der Waals surface area contributed by atoms with Crippen LogP contribution in [0.1, 0.15) is 0 Å². The number of hydrogen-bond donors (Lipinski definition) is 0. The van der Waals surface area contributed by atoms with Crippen LogP contribution < -0.4 is 4.74 Å². The van der Waals surface area contributed by atoms with Gasteiger partial charge in [0, 0.05) is 6.07 Å². The summed E-state index contributed by atoms with van der Waals surface area (Å²) in [6, 6.07) is 10.7. The first-order chi connectivity index (χ1) is 8.22. The first-order valence-electron chi connectivity index (χ1n) is 4.96. The van der Waals surface area contributed by atoms with Gasteiger partial charge in [-0.2, -0.15) is 0 Å². The highest BCUT2D eigenvalue weighted by molar-refractivity contribution is 5.72. The van der Waals surface area contributed by atoms with Crippen LogP contribution in [-0.2, 0) is 0 Å². The van der Waals surface area contributed by atoms with Crippen LogP contribution in [0.4, 0.5) is 5.82 Å². The molecule has 0 N–H and O–H groups in total. The van der Waals surface area contributed by atoms with Crippen molar-refractivity contribution in [2.45, 2.75) is 0 Å². The van der Waals surface area contributed by atoms with E-state index < -0.39 is 4.92 Å². The third kappa shape index (κ3) is 2.23. The lowest BCUT2D eigenvalue weighted by atomic mass is 10.1. The Morgan fingerprint density at radius 1 is 1.29 bits per heavy atom. The third-order valence-corrected chi connectivity index (χ3v) is 2.34. The number of aromatic nitrogens is 1. The topological polar surface area (TPSA) is 65.3 Å². The third-order valence-electron chi connectivity index (χ3n) is 2.34. The maximum absolute atomic E-state index is 10.9. The molecule has 5 nitrogen and oxygen atoms in total. The lowest BCUT2D eigenvalue weighted by Gasteiger charge is -2.04. The minimum atomic E-state index is -0.498. The second kappa shape index (κ2) is 4.61. The van der Waals surface area contributed by atoms with Gasteiger partial charge in [0.2, 0.25) is 0 Å². The standard InChI is InChI=1S/C12H10N2O3/c1-17-10-7-11(9-5-3-2-4-6-9)12(13-8-10)14(15)16/h2-8H,1H3. The van der Waals surface area contributed by atoms with E-state index in [9.17, 15) is 10.1 Å². The van der Waals surface area contributed by atoms with Crippen LogP contribution in [-0.4, -0.2) is 17.0 Å². The lowest BCUT2D eigenvalue weighted by molar-refractivity contribution is -0.388. The number of pyridine rings is 1. The highest BCUT2D eigenvalue weighted by Crippen LogP contribution is 2.30. The molecule has 17 heavy (non-hydrogen) atoms. The van der Waals surface area contributed by atoms with Crippen molar-refractivity contribution in [1.29, 1.82) is 0 Å². The number of rotatable bonds is 3. The van der Waals surface area contributed by atoms with Crippen LogP contribution in [0.3, 0.4) is 0 Å². The number of ether oxygens (including phenoxy) is 1. The van der Waals surface area contributed by atoms with Crippen molar-refractivity contribution < 1.29 is 9.66 Å². The van der Waals surface area contributed by atoms with E-state index in [4.69, 9.17) is 4.74 Å². The first-order valence-corrected chi connectivity index (χ1v) is 4.96. The van der Waals surface area contributed by atoms with Crippen molar-refractivity contribution in [2.75, 3.05) is 7.11 Å². The van der Waals surface area contributed by atoms with Crippen LogP contribution in [0, 0.1) is 10.1 Å². The molecule has 0 aliphatic heterocycles. The SMILES string of the molecule is COc1cnc([N+](=O)[O-])c(-c2ccccc2)c1. The second-order valence-corrected chi connectivity index (χ2v) is 3.37. The van der Waals surface area contributed by atoms with Crippen LogP contribution in [0.5, 0.6) is 5.75 Å². The molecule has 0 aliphatic carbocycles. The molecule has 0 radical (unpaired) electrons. The first kappa shape index (κ1) is 11.1. The van der Waals surface area contributed by atoms with Crippen molar-refractivity contribution in [3.63, 3.8) is 0 Å². The Labute approximate surface area is 97.8 Å². The molecule has 0 atom stereocenters. The van der Waals surface area contributed by atoms with E-state index in [0.717, 1.165) is 5.56 Å². The fourth-order valence-electron chi connectivity index (χ4n) is 1.53. The van der Waals surface area contributed by atoms with Gasteiger partial charge in [0.15, 0.2) is 11.9 Å². The molecule has 0 fully saturated rings. The molecule has 0 saturated heterocycles. The zero-order valence-corrected chi connectivity index (χ0v) is 9.16. The molecule has 0 bridgehead atoms. The highest BCUT2D eigenvalue weighted by Gasteiger charge is 2.17. The molecule has 86 valence electrons.